The van der Waals surface area contributed by atoms with Crippen LogP contribution in [0.4, 0.5) is 0 Å². The Balaban J connectivity index is 0.000000500. The first-order valence-corrected chi connectivity index (χ1v) is 4.51. The van der Waals surface area contributed by atoms with Crippen molar-refractivity contribution in [2.45, 2.75) is 6.54 Å². The van der Waals surface area contributed by atoms with Crippen LogP contribution in [0, 0.1) is 10.7 Å². The number of nitriles is 1. The molecule has 1 rings (SSSR count). The molecule has 0 aliphatic heterocycles. The van der Waals surface area contributed by atoms with E-state index >= 15 is 0 Å². The van der Waals surface area contributed by atoms with Crippen LogP contribution in [0.3, 0.4) is 0 Å². The van der Waals surface area contributed by atoms with Crippen LogP contribution in [-0.4, -0.2) is 24.1 Å². The van der Waals surface area contributed by atoms with Crippen molar-refractivity contribution < 1.29 is 5.11 Å². The van der Waals surface area contributed by atoms with Gasteiger partial charge in [-0.1, -0.05) is 30.8 Å². The maximum atomic E-state index is 9.33. The van der Waals surface area contributed by atoms with Gasteiger partial charge in [0.15, 0.2) is 0 Å². The summed E-state index contributed by atoms with van der Waals surface area (Å²) in [6, 6.07) is 7.39. The van der Waals surface area contributed by atoms with Gasteiger partial charge in [-0.05, 0) is 20.2 Å². The summed E-state index contributed by atoms with van der Waals surface area (Å²) in [6.07, 6.45) is 0. The quantitative estimate of drug-likeness (QED) is 0.578. The SMILES string of the molecule is CN(C)Cc1ccccc1O.N#CS. The van der Waals surface area contributed by atoms with Gasteiger partial charge in [0.05, 0.1) is 0 Å². The molecule has 0 saturated heterocycles. The molecule has 14 heavy (non-hydrogen) atoms. The molecule has 0 amide bonds. The summed E-state index contributed by atoms with van der Waals surface area (Å²) >= 11 is 3.09. The van der Waals surface area contributed by atoms with E-state index in [0.717, 1.165) is 12.1 Å². The fourth-order valence-electron chi connectivity index (χ4n) is 0.985. The summed E-state index contributed by atoms with van der Waals surface area (Å²) in [4.78, 5) is 2.02. The maximum Gasteiger partial charge on any atom is 0.130 e. The molecule has 0 saturated carbocycles. The number of hydrogen-bond donors (Lipinski definition) is 2. The lowest BCUT2D eigenvalue weighted by Gasteiger charge is -2.10. The zero-order valence-electron chi connectivity index (χ0n) is 8.31. The zero-order chi connectivity index (χ0) is 11.0. The van der Waals surface area contributed by atoms with E-state index in [-0.39, 0.29) is 0 Å². The minimum Gasteiger partial charge on any atom is -0.508 e. The van der Waals surface area contributed by atoms with E-state index in [2.05, 4.69) is 12.6 Å². The van der Waals surface area contributed by atoms with Crippen molar-refractivity contribution in [1.82, 2.24) is 4.90 Å². The molecule has 1 aromatic carbocycles. The molecule has 1 aromatic rings. The first kappa shape index (κ1) is 12.8. The normalized spacial score (nSPS) is 8.79. The van der Waals surface area contributed by atoms with Crippen LogP contribution in [0.2, 0.25) is 0 Å². The second kappa shape index (κ2) is 7.25. The second-order valence-electron chi connectivity index (χ2n) is 2.97. The number of rotatable bonds is 2. The molecule has 76 valence electrons. The zero-order valence-corrected chi connectivity index (χ0v) is 9.20. The van der Waals surface area contributed by atoms with Crippen LogP contribution in [0.15, 0.2) is 24.3 Å². The van der Waals surface area contributed by atoms with Crippen LogP contribution >= 0.6 is 12.6 Å². The topological polar surface area (TPSA) is 47.3 Å². The van der Waals surface area contributed by atoms with Crippen LogP contribution in [0.1, 0.15) is 5.56 Å². The molecule has 1 N–H and O–H groups in total. The first-order valence-electron chi connectivity index (χ1n) is 4.06. The van der Waals surface area contributed by atoms with Gasteiger partial charge in [-0.3, -0.25) is 0 Å². The molecule has 4 heteroatoms. The molecule has 0 aromatic heterocycles. The van der Waals surface area contributed by atoms with E-state index in [4.69, 9.17) is 5.26 Å². The Morgan fingerprint density at radius 1 is 1.43 bits per heavy atom. The van der Waals surface area contributed by atoms with Gasteiger partial charge in [-0.2, -0.15) is 5.26 Å². The van der Waals surface area contributed by atoms with Crippen LogP contribution < -0.4 is 0 Å². The van der Waals surface area contributed by atoms with Gasteiger partial charge in [0, 0.05) is 12.1 Å². The predicted octanol–water partition coefficient (Wildman–Crippen LogP) is 1.85. The highest BCUT2D eigenvalue weighted by atomic mass is 32.1. The number of phenols is 1. The van der Waals surface area contributed by atoms with E-state index in [9.17, 15) is 5.11 Å². The van der Waals surface area contributed by atoms with E-state index in [1.807, 2.05) is 37.2 Å². The van der Waals surface area contributed by atoms with E-state index < -0.39 is 0 Å². The summed E-state index contributed by atoms with van der Waals surface area (Å²) in [5, 5.41) is 18.0. The van der Waals surface area contributed by atoms with Gasteiger partial charge in [-0.15, -0.1) is 0 Å². The number of nitrogens with zero attached hydrogens (tertiary/aromatic N) is 2. The number of hydrogen-bond acceptors (Lipinski definition) is 4. The van der Waals surface area contributed by atoms with Crippen molar-refractivity contribution in [2.24, 2.45) is 0 Å². The predicted molar refractivity (Wildman–Crippen MR) is 60.1 cm³/mol. The first-order chi connectivity index (χ1) is 6.61. The van der Waals surface area contributed by atoms with Crippen molar-refractivity contribution in [1.29, 1.82) is 5.26 Å². The third-order valence-electron chi connectivity index (χ3n) is 1.48. The number of para-hydroxylation sites is 1. The summed E-state index contributed by atoms with van der Waals surface area (Å²) < 4.78 is 0. The Morgan fingerprint density at radius 2 is 1.93 bits per heavy atom. The molecular weight excluding hydrogens is 196 g/mol. The van der Waals surface area contributed by atoms with Crippen LogP contribution in [-0.2, 0) is 6.54 Å². The number of aromatic hydroxyl groups is 1. The van der Waals surface area contributed by atoms with Crippen molar-refractivity contribution in [3.63, 3.8) is 0 Å². The molecule has 0 aliphatic carbocycles. The average Bonchev–Trinajstić information content (AvgIpc) is 2.09. The molecule has 3 nitrogen and oxygen atoms in total. The smallest absolute Gasteiger partial charge is 0.130 e. The fraction of sp³-hybridized carbons (Fsp3) is 0.300. The average molecular weight is 210 g/mol. The molecule has 0 bridgehead atoms. The van der Waals surface area contributed by atoms with Gasteiger partial charge in [0.2, 0.25) is 0 Å². The van der Waals surface area contributed by atoms with Crippen molar-refractivity contribution in [2.75, 3.05) is 14.1 Å². The van der Waals surface area contributed by atoms with Gasteiger partial charge in [0.25, 0.3) is 0 Å². The lowest BCUT2D eigenvalue weighted by Crippen LogP contribution is -2.10. The van der Waals surface area contributed by atoms with E-state index in [0.29, 0.717) is 5.75 Å². The molecular formula is C10H14N2OS. The Bertz CT molecular complexity index is 307. The largest absolute Gasteiger partial charge is 0.508 e. The van der Waals surface area contributed by atoms with Gasteiger partial charge in [-0.25, -0.2) is 0 Å². The molecule has 0 spiro atoms. The van der Waals surface area contributed by atoms with Gasteiger partial charge in [0.1, 0.15) is 11.2 Å². The number of benzene rings is 1. The summed E-state index contributed by atoms with van der Waals surface area (Å²) in [7, 11) is 3.96. The number of thiocyanates is 1. The molecule has 0 atom stereocenters. The van der Waals surface area contributed by atoms with Gasteiger partial charge < -0.3 is 10.0 Å². The van der Waals surface area contributed by atoms with Crippen molar-refractivity contribution in [3.05, 3.63) is 29.8 Å². The highest BCUT2D eigenvalue weighted by Crippen LogP contribution is 2.16. The van der Waals surface area contributed by atoms with Crippen molar-refractivity contribution >= 4 is 12.6 Å². The fourth-order valence-corrected chi connectivity index (χ4v) is 0.985. The van der Waals surface area contributed by atoms with Crippen LogP contribution in [0.5, 0.6) is 5.75 Å². The third kappa shape index (κ3) is 5.46. The molecule has 0 fully saturated rings. The Hall–Kier alpha value is -1.18. The molecule has 0 radical (unpaired) electrons. The van der Waals surface area contributed by atoms with E-state index in [1.54, 1.807) is 6.07 Å². The summed E-state index contributed by atoms with van der Waals surface area (Å²) in [5.41, 5.74) is 0.970. The monoisotopic (exact) mass is 210 g/mol. The van der Waals surface area contributed by atoms with Crippen molar-refractivity contribution in [3.8, 4) is 11.2 Å². The Morgan fingerprint density at radius 3 is 2.36 bits per heavy atom. The summed E-state index contributed by atoms with van der Waals surface area (Å²) in [6.45, 7) is 0.784. The molecule has 0 unspecified atom stereocenters. The number of thiol groups is 1. The lowest BCUT2D eigenvalue weighted by molar-refractivity contribution is 0.386. The number of phenolic OH excluding ortho intramolecular Hbond substituents is 1. The van der Waals surface area contributed by atoms with E-state index in [1.165, 1.54) is 5.40 Å². The highest BCUT2D eigenvalue weighted by Gasteiger charge is 1.98. The van der Waals surface area contributed by atoms with Gasteiger partial charge >= 0.3 is 0 Å². The Kier molecular flexibility index (Phi) is 6.63. The minimum atomic E-state index is 0.376. The molecule has 0 aliphatic rings. The maximum absolute atomic E-state index is 9.33. The van der Waals surface area contributed by atoms with Crippen LogP contribution in [0.25, 0.3) is 0 Å². The standard InChI is InChI=1S/C9H13NO.CHNS/c1-10(2)7-8-5-3-4-6-9(8)11;2-1-3/h3-6,11H,7H2,1-2H3;3H. The third-order valence-corrected chi connectivity index (χ3v) is 1.48. The minimum absolute atomic E-state index is 0.376. The second-order valence-corrected chi connectivity index (χ2v) is 3.17. The highest BCUT2D eigenvalue weighted by molar-refractivity contribution is 7.85. The summed E-state index contributed by atoms with van der Waals surface area (Å²) in [5.74, 6) is 0.376. The Labute approximate surface area is 90.0 Å². The lowest BCUT2D eigenvalue weighted by atomic mass is 10.2. The molecule has 0 heterocycles.